The van der Waals surface area contributed by atoms with Gasteiger partial charge in [0.15, 0.2) is 0 Å². The Bertz CT molecular complexity index is 616. The summed E-state index contributed by atoms with van der Waals surface area (Å²) in [6.07, 6.45) is 3.50. The number of aryl methyl sites for hydroxylation is 1. The SMILES string of the molecule is C=C.Cn1cc(C#Cc2ccc(C(=O)O)cc2)cn1. The highest BCUT2D eigenvalue weighted by atomic mass is 16.4. The van der Waals surface area contributed by atoms with E-state index in [1.807, 2.05) is 13.2 Å². The van der Waals surface area contributed by atoms with Crippen molar-refractivity contribution in [3.8, 4) is 11.8 Å². The van der Waals surface area contributed by atoms with E-state index in [2.05, 4.69) is 30.1 Å². The highest BCUT2D eigenvalue weighted by molar-refractivity contribution is 5.87. The van der Waals surface area contributed by atoms with E-state index in [4.69, 9.17) is 5.11 Å². The van der Waals surface area contributed by atoms with Gasteiger partial charge in [0.2, 0.25) is 0 Å². The lowest BCUT2D eigenvalue weighted by Crippen LogP contribution is -1.94. The van der Waals surface area contributed by atoms with Crippen molar-refractivity contribution in [3.05, 3.63) is 66.5 Å². The molecule has 0 aliphatic rings. The van der Waals surface area contributed by atoms with Gasteiger partial charge in [-0.3, -0.25) is 4.68 Å². The molecule has 0 saturated heterocycles. The number of carbonyl (C=O) groups is 1. The van der Waals surface area contributed by atoms with Crippen LogP contribution in [0.5, 0.6) is 0 Å². The topological polar surface area (TPSA) is 55.1 Å². The van der Waals surface area contributed by atoms with E-state index >= 15 is 0 Å². The Hall–Kier alpha value is -2.80. The second kappa shape index (κ2) is 6.82. The van der Waals surface area contributed by atoms with Crippen LogP contribution in [0, 0.1) is 11.8 Å². The molecule has 0 bridgehead atoms. The molecular formula is C15H14N2O2. The first kappa shape index (κ1) is 14.3. The van der Waals surface area contributed by atoms with Gasteiger partial charge in [0.05, 0.1) is 17.3 Å². The van der Waals surface area contributed by atoms with Crippen LogP contribution in [-0.2, 0) is 7.05 Å². The Morgan fingerprint density at radius 2 is 1.79 bits per heavy atom. The molecule has 0 fully saturated rings. The minimum absolute atomic E-state index is 0.261. The van der Waals surface area contributed by atoms with Crippen molar-refractivity contribution in [2.45, 2.75) is 0 Å². The highest BCUT2D eigenvalue weighted by Crippen LogP contribution is 2.03. The standard InChI is InChI=1S/C13H10N2O2.C2H4/c1-15-9-11(8-14-15)3-2-10-4-6-12(7-5-10)13(16)17;1-2/h4-9H,1H3,(H,16,17);1-2H2. The smallest absolute Gasteiger partial charge is 0.335 e. The molecule has 0 spiro atoms. The number of aromatic nitrogens is 2. The van der Waals surface area contributed by atoms with Crippen LogP contribution in [0.4, 0.5) is 0 Å². The lowest BCUT2D eigenvalue weighted by molar-refractivity contribution is 0.0697. The lowest BCUT2D eigenvalue weighted by atomic mass is 10.1. The van der Waals surface area contributed by atoms with Gasteiger partial charge < -0.3 is 5.11 Å². The third-order valence-electron chi connectivity index (χ3n) is 2.19. The number of benzene rings is 1. The minimum atomic E-state index is -0.934. The van der Waals surface area contributed by atoms with Crippen LogP contribution >= 0.6 is 0 Å². The first-order valence-corrected chi connectivity index (χ1v) is 5.49. The van der Waals surface area contributed by atoms with Gasteiger partial charge >= 0.3 is 5.97 Å². The average molecular weight is 254 g/mol. The van der Waals surface area contributed by atoms with E-state index in [1.165, 1.54) is 12.1 Å². The van der Waals surface area contributed by atoms with Gasteiger partial charge in [-0.2, -0.15) is 5.10 Å². The molecule has 4 heteroatoms. The minimum Gasteiger partial charge on any atom is -0.478 e. The Balaban J connectivity index is 0.000000861. The lowest BCUT2D eigenvalue weighted by Gasteiger charge is -1.93. The molecule has 2 aromatic rings. The van der Waals surface area contributed by atoms with Crippen molar-refractivity contribution in [2.75, 3.05) is 0 Å². The molecule has 1 heterocycles. The number of nitrogens with zero attached hydrogens (tertiary/aromatic N) is 2. The fourth-order valence-electron chi connectivity index (χ4n) is 1.33. The highest BCUT2D eigenvalue weighted by Gasteiger charge is 1.99. The molecule has 0 unspecified atom stereocenters. The van der Waals surface area contributed by atoms with Crippen molar-refractivity contribution in [3.63, 3.8) is 0 Å². The first-order valence-electron chi connectivity index (χ1n) is 5.49. The Labute approximate surface area is 112 Å². The zero-order valence-corrected chi connectivity index (χ0v) is 10.6. The molecule has 1 N–H and O–H groups in total. The molecule has 1 aromatic heterocycles. The summed E-state index contributed by atoms with van der Waals surface area (Å²) in [6.45, 7) is 6.00. The summed E-state index contributed by atoms with van der Waals surface area (Å²) in [5.41, 5.74) is 1.87. The van der Waals surface area contributed by atoms with E-state index in [1.54, 1.807) is 23.0 Å². The Morgan fingerprint density at radius 1 is 1.21 bits per heavy atom. The number of hydrogen-bond acceptors (Lipinski definition) is 2. The second-order valence-electron chi connectivity index (χ2n) is 3.54. The molecular weight excluding hydrogens is 240 g/mol. The number of carboxylic acids is 1. The maximum atomic E-state index is 10.6. The summed E-state index contributed by atoms with van der Waals surface area (Å²) in [4.78, 5) is 10.6. The van der Waals surface area contributed by atoms with Gasteiger partial charge in [-0.05, 0) is 24.3 Å². The molecule has 1 aromatic carbocycles. The third kappa shape index (κ3) is 4.17. The van der Waals surface area contributed by atoms with Crippen molar-refractivity contribution in [1.82, 2.24) is 9.78 Å². The van der Waals surface area contributed by atoms with Gasteiger partial charge in [0.1, 0.15) is 0 Å². The molecule has 0 aliphatic heterocycles. The number of hydrogen-bond donors (Lipinski definition) is 1. The molecule has 19 heavy (non-hydrogen) atoms. The summed E-state index contributed by atoms with van der Waals surface area (Å²) in [7, 11) is 1.83. The van der Waals surface area contributed by atoms with Crippen molar-refractivity contribution >= 4 is 5.97 Å². The molecule has 2 rings (SSSR count). The molecule has 0 saturated carbocycles. The summed E-state index contributed by atoms with van der Waals surface area (Å²) >= 11 is 0. The number of rotatable bonds is 1. The third-order valence-corrected chi connectivity index (χ3v) is 2.19. The second-order valence-corrected chi connectivity index (χ2v) is 3.54. The predicted octanol–water partition coefficient (Wildman–Crippen LogP) is 2.32. The maximum absolute atomic E-state index is 10.6. The van der Waals surface area contributed by atoms with Gasteiger partial charge in [0, 0.05) is 18.8 Å². The number of carboxylic acid groups (broad SMARTS) is 1. The first-order chi connectivity index (χ1) is 9.15. The Kier molecular flexibility index (Phi) is 5.12. The monoisotopic (exact) mass is 254 g/mol. The van der Waals surface area contributed by atoms with Crippen molar-refractivity contribution < 1.29 is 9.90 Å². The summed E-state index contributed by atoms with van der Waals surface area (Å²) < 4.78 is 1.68. The number of aromatic carboxylic acids is 1. The van der Waals surface area contributed by atoms with Crippen LogP contribution in [0.25, 0.3) is 0 Å². The predicted molar refractivity (Wildman–Crippen MR) is 73.8 cm³/mol. The van der Waals surface area contributed by atoms with E-state index in [9.17, 15) is 4.79 Å². The zero-order chi connectivity index (χ0) is 14.3. The fourth-order valence-corrected chi connectivity index (χ4v) is 1.33. The van der Waals surface area contributed by atoms with Crippen LogP contribution in [0.3, 0.4) is 0 Å². The summed E-state index contributed by atoms with van der Waals surface area (Å²) in [5, 5.41) is 12.7. The molecule has 0 amide bonds. The van der Waals surface area contributed by atoms with E-state index in [0.29, 0.717) is 0 Å². The Morgan fingerprint density at radius 3 is 2.26 bits per heavy atom. The van der Waals surface area contributed by atoms with Gasteiger partial charge in [0.25, 0.3) is 0 Å². The van der Waals surface area contributed by atoms with Crippen LogP contribution in [0.15, 0.2) is 49.8 Å². The van der Waals surface area contributed by atoms with Crippen LogP contribution < -0.4 is 0 Å². The van der Waals surface area contributed by atoms with Crippen LogP contribution in [-0.4, -0.2) is 20.9 Å². The van der Waals surface area contributed by atoms with Gasteiger partial charge in [-0.1, -0.05) is 11.8 Å². The van der Waals surface area contributed by atoms with Gasteiger partial charge in [-0.15, -0.1) is 13.2 Å². The molecule has 0 atom stereocenters. The quantitative estimate of drug-likeness (QED) is 0.627. The molecule has 4 nitrogen and oxygen atoms in total. The van der Waals surface area contributed by atoms with Crippen LogP contribution in [0.1, 0.15) is 21.5 Å². The largest absolute Gasteiger partial charge is 0.478 e. The zero-order valence-electron chi connectivity index (χ0n) is 10.6. The van der Waals surface area contributed by atoms with Crippen molar-refractivity contribution in [1.29, 1.82) is 0 Å². The maximum Gasteiger partial charge on any atom is 0.335 e. The van der Waals surface area contributed by atoms with Crippen molar-refractivity contribution in [2.24, 2.45) is 7.05 Å². The van der Waals surface area contributed by atoms with Gasteiger partial charge in [-0.25, -0.2) is 4.79 Å². The molecule has 0 aliphatic carbocycles. The molecule has 0 radical (unpaired) electrons. The average Bonchev–Trinajstić information content (AvgIpc) is 2.85. The van der Waals surface area contributed by atoms with Crippen LogP contribution in [0.2, 0.25) is 0 Å². The van der Waals surface area contributed by atoms with E-state index < -0.39 is 5.97 Å². The molecule has 96 valence electrons. The summed E-state index contributed by atoms with van der Waals surface area (Å²) in [6, 6.07) is 6.45. The van der Waals surface area contributed by atoms with E-state index in [0.717, 1.165) is 11.1 Å². The normalized spacial score (nSPS) is 8.68. The van der Waals surface area contributed by atoms with E-state index in [-0.39, 0.29) is 5.56 Å². The fraction of sp³-hybridized carbons (Fsp3) is 0.0667. The summed E-state index contributed by atoms with van der Waals surface area (Å²) in [5.74, 6) is 4.96.